The van der Waals surface area contributed by atoms with Gasteiger partial charge in [-0.2, -0.15) is 0 Å². The van der Waals surface area contributed by atoms with Crippen LogP contribution in [0.5, 0.6) is 5.75 Å². The van der Waals surface area contributed by atoms with E-state index in [-0.39, 0.29) is 17.4 Å². The van der Waals surface area contributed by atoms with E-state index in [2.05, 4.69) is 0 Å². The molecule has 1 amide bonds. The van der Waals surface area contributed by atoms with Crippen LogP contribution < -0.4 is 4.74 Å². The second-order valence-corrected chi connectivity index (χ2v) is 7.06. The number of Topliss-reactive ketones (excluding diaryl/α,β-unsaturated/α-hetero) is 1. The van der Waals surface area contributed by atoms with Crippen LogP contribution in [0.1, 0.15) is 51.0 Å². The third-order valence-electron chi connectivity index (χ3n) is 4.58. The fraction of sp³-hybridized carbons (Fsp3) is 0.364. The van der Waals surface area contributed by atoms with E-state index in [1.165, 1.54) is 11.2 Å². The first-order chi connectivity index (χ1) is 13.4. The average Bonchev–Trinajstić information content (AvgIpc) is 3.27. The van der Waals surface area contributed by atoms with Crippen LogP contribution in [-0.2, 0) is 9.59 Å². The lowest BCUT2D eigenvalue weighted by Crippen LogP contribution is -2.30. The van der Waals surface area contributed by atoms with Gasteiger partial charge in [-0.1, -0.05) is 25.5 Å². The summed E-state index contributed by atoms with van der Waals surface area (Å²) in [5.74, 6) is -0.524. The minimum atomic E-state index is -0.740. The highest BCUT2D eigenvalue weighted by Crippen LogP contribution is 2.40. The molecule has 0 radical (unpaired) electrons. The van der Waals surface area contributed by atoms with Crippen LogP contribution in [0, 0.1) is 0 Å². The standard InChI is InChI=1S/C22H25NO5/c1-4-5-11-23-19(17-10-7-12-27-17)18(21(25)22(23)26)20(24)15-8-6-9-16(13-15)28-14(2)3/h6-10,12-14,19,24H,4-5,11H2,1-3H3/b20-18-. The van der Waals surface area contributed by atoms with Gasteiger partial charge in [0.15, 0.2) is 0 Å². The maximum atomic E-state index is 12.8. The molecule has 0 saturated carbocycles. The monoisotopic (exact) mass is 383 g/mol. The summed E-state index contributed by atoms with van der Waals surface area (Å²) in [6, 6.07) is 9.53. The number of carbonyl (C=O) groups excluding carboxylic acids is 2. The van der Waals surface area contributed by atoms with E-state index < -0.39 is 17.7 Å². The molecule has 6 nitrogen and oxygen atoms in total. The molecule has 2 aromatic rings. The van der Waals surface area contributed by atoms with E-state index in [4.69, 9.17) is 9.15 Å². The number of amides is 1. The number of aliphatic hydroxyl groups is 1. The molecule has 3 rings (SSSR count). The largest absolute Gasteiger partial charge is 0.507 e. The number of hydrogen-bond acceptors (Lipinski definition) is 5. The number of likely N-dealkylation sites (tertiary alicyclic amines) is 1. The number of ketones is 1. The first kappa shape index (κ1) is 19.7. The summed E-state index contributed by atoms with van der Waals surface area (Å²) in [6.07, 6.45) is 3.09. The van der Waals surface area contributed by atoms with Crippen molar-refractivity contribution in [3.63, 3.8) is 0 Å². The third kappa shape index (κ3) is 3.81. The highest BCUT2D eigenvalue weighted by molar-refractivity contribution is 6.46. The van der Waals surface area contributed by atoms with Gasteiger partial charge in [0.2, 0.25) is 0 Å². The van der Waals surface area contributed by atoms with Crippen molar-refractivity contribution in [3.8, 4) is 5.75 Å². The molecule has 0 aliphatic carbocycles. The second kappa shape index (κ2) is 8.33. The summed E-state index contributed by atoms with van der Waals surface area (Å²) in [5, 5.41) is 11.0. The van der Waals surface area contributed by atoms with Gasteiger partial charge in [0, 0.05) is 12.1 Å². The lowest BCUT2D eigenvalue weighted by molar-refractivity contribution is -0.140. The summed E-state index contributed by atoms with van der Waals surface area (Å²) >= 11 is 0. The fourth-order valence-corrected chi connectivity index (χ4v) is 3.33. The number of furan rings is 1. The molecular weight excluding hydrogens is 358 g/mol. The Labute approximate surface area is 164 Å². The van der Waals surface area contributed by atoms with Crippen LogP contribution in [0.2, 0.25) is 0 Å². The Morgan fingerprint density at radius 2 is 2.04 bits per heavy atom. The zero-order valence-corrected chi connectivity index (χ0v) is 16.3. The van der Waals surface area contributed by atoms with Gasteiger partial charge >= 0.3 is 0 Å². The summed E-state index contributed by atoms with van der Waals surface area (Å²) in [4.78, 5) is 26.9. The van der Waals surface area contributed by atoms with Crippen LogP contribution in [0.4, 0.5) is 0 Å². The maximum absolute atomic E-state index is 12.8. The zero-order chi connectivity index (χ0) is 20.3. The van der Waals surface area contributed by atoms with Crippen molar-refractivity contribution in [2.75, 3.05) is 6.54 Å². The summed E-state index contributed by atoms with van der Waals surface area (Å²) < 4.78 is 11.2. The maximum Gasteiger partial charge on any atom is 0.295 e. The minimum Gasteiger partial charge on any atom is -0.507 e. The summed E-state index contributed by atoms with van der Waals surface area (Å²) in [7, 11) is 0. The Morgan fingerprint density at radius 3 is 2.68 bits per heavy atom. The predicted molar refractivity (Wildman–Crippen MR) is 105 cm³/mol. The molecule has 1 N–H and O–H groups in total. The molecule has 1 aromatic carbocycles. The quantitative estimate of drug-likeness (QED) is 0.438. The van der Waals surface area contributed by atoms with Gasteiger partial charge in [0.05, 0.1) is 17.9 Å². The van der Waals surface area contributed by atoms with Crippen LogP contribution in [0.15, 0.2) is 52.7 Å². The molecule has 1 aromatic heterocycles. The van der Waals surface area contributed by atoms with Crippen molar-refractivity contribution in [2.24, 2.45) is 0 Å². The lowest BCUT2D eigenvalue weighted by Gasteiger charge is -2.23. The first-order valence-electron chi connectivity index (χ1n) is 9.53. The topological polar surface area (TPSA) is 80.0 Å². The average molecular weight is 383 g/mol. The highest BCUT2D eigenvalue weighted by atomic mass is 16.5. The molecule has 1 saturated heterocycles. The Kier molecular flexibility index (Phi) is 5.87. The van der Waals surface area contributed by atoms with Crippen molar-refractivity contribution in [1.82, 2.24) is 4.90 Å². The molecular formula is C22H25NO5. The molecule has 1 fully saturated rings. The predicted octanol–water partition coefficient (Wildman–Crippen LogP) is 4.29. The van der Waals surface area contributed by atoms with Gasteiger partial charge in [0.1, 0.15) is 23.3 Å². The Balaban J connectivity index is 2.08. The molecule has 28 heavy (non-hydrogen) atoms. The van der Waals surface area contributed by atoms with Gasteiger partial charge in [0.25, 0.3) is 11.7 Å². The molecule has 1 atom stereocenters. The minimum absolute atomic E-state index is 0.0276. The smallest absolute Gasteiger partial charge is 0.295 e. The Bertz CT molecular complexity index is 882. The fourth-order valence-electron chi connectivity index (χ4n) is 3.33. The molecule has 2 heterocycles. The number of carbonyl (C=O) groups is 2. The lowest BCUT2D eigenvalue weighted by atomic mass is 9.99. The van der Waals surface area contributed by atoms with Crippen LogP contribution in [0.3, 0.4) is 0 Å². The van der Waals surface area contributed by atoms with Gasteiger partial charge in [-0.05, 0) is 44.5 Å². The number of rotatable bonds is 7. The van der Waals surface area contributed by atoms with E-state index in [0.717, 1.165) is 12.8 Å². The van der Waals surface area contributed by atoms with Crippen LogP contribution in [0.25, 0.3) is 5.76 Å². The Morgan fingerprint density at radius 1 is 1.25 bits per heavy atom. The molecule has 6 heteroatoms. The number of aliphatic hydroxyl groups excluding tert-OH is 1. The number of benzene rings is 1. The van der Waals surface area contributed by atoms with Gasteiger partial charge in [-0.3, -0.25) is 9.59 Å². The van der Waals surface area contributed by atoms with Gasteiger partial charge in [-0.15, -0.1) is 0 Å². The van der Waals surface area contributed by atoms with E-state index in [9.17, 15) is 14.7 Å². The number of hydrogen-bond donors (Lipinski definition) is 1. The molecule has 1 aliphatic rings. The van der Waals surface area contributed by atoms with E-state index in [0.29, 0.717) is 23.6 Å². The summed E-state index contributed by atoms with van der Waals surface area (Å²) in [6.45, 7) is 6.24. The van der Waals surface area contributed by atoms with Gasteiger partial charge in [-0.25, -0.2) is 0 Å². The second-order valence-electron chi connectivity index (χ2n) is 7.06. The van der Waals surface area contributed by atoms with E-state index in [1.54, 1.807) is 36.4 Å². The van der Waals surface area contributed by atoms with E-state index in [1.807, 2.05) is 20.8 Å². The highest BCUT2D eigenvalue weighted by Gasteiger charge is 2.47. The number of unbranched alkanes of at least 4 members (excludes halogenated alkanes) is 1. The Hall–Kier alpha value is -3.02. The van der Waals surface area contributed by atoms with Crippen molar-refractivity contribution in [1.29, 1.82) is 0 Å². The van der Waals surface area contributed by atoms with Crippen LogP contribution in [-0.4, -0.2) is 34.3 Å². The van der Waals surface area contributed by atoms with Crippen molar-refractivity contribution < 1.29 is 23.8 Å². The molecule has 1 unspecified atom stereocenters. The first-order valence-corrected chi connectivity index (χ1v) is 9.53. The SMILES string of the molecule is CCCCN1C(=O)C(=O)/C(=C(\O)c2cccc(OC(C)C)c2)C1c1ccco1. The van der Waals surface area contributed by atoms with Crippen molar-refractivity contribution in [3.05, 3.63) is 59.6 Å². The molecule has 1 aliphatic heterocycles. The number of nitrogens with zero attached hydrogens (tertiary/aromatic N) is 1. The summed E-state index contributed by atoms with van der Waals surface area (Å²) in [5.41, 5.74) is 0.459. The van der Waals surface area contributed by atoms with Crippen LogP contribution >= 0.6 is 0 Å². The zero-order valence-electron chi connectivity index (χ0n) is 16.3. The number of ether oxygens (including phenoxy) is 1. The normalized spacial score (nSPS) is 18.9. The van der Waals surface area contributed by atoms with E-state index >= 15 is 0 Å². The van der Waals surface area contributed by atoms with Crippen molar-refractivity contribution >= 4 is 17.4 Å². The molecule has 0 spiro atoms. The van der Waals surface area contributed by atoms with Crippen molar-refractivity contribution in [2.45, 2.75) is 45.8 Å². The molecule has 148 valence electrons. The molecule has 0 bridgehead atoms. The van der Waals surface area contributed by atoms with Gasteiger partial charge < -0.3 is 19.2 Å². The third-order valence-corrected chi connectivity index (χ3v) is 4.58.